The average Bonchev–Trinajstić information content (AvgIpc) is 2.54. The zero-order chi connectivity index (χ0) is 19.3. The second-order valence-corrected chi connectivity index (χ2v) is 7.65. The second-order valence-electron chi connectivity index (χ2n) is 3.89. The Morgan fingerprint density at radius 1 is 0.760 bits per heavy atom. The van der Waals surface area contributed by atoms with Gasteiger partial charge in [0.15, 0.2) is 0 Å². The molecule has 11 heteroatoms. The van der Waals surface area contributed by atoms with Gasteiger partial charge < -0.3 is 0 Å². The predicted molar refractivity (Wildman–Crippen MR) is 76.9 cm³/mol. The van der Waals surface area contributed by atoms with Crippen molar-refractivity contribution in [1.29, 1.82) is 0 Å². The first kappa shape index (κ1) is 22.9. The van der Waals surface area contributed by atoms with Gasteiger partial charge in [-0.1, -0.05) is 25.3 Å². The van der Waals surface area contributed by atoms with Gasteiger partial charge in [-0.15, -0.1) is 0 Å². The molecule has 0 aromatic carbocycles. The molecular weight excluding hydrogens is 412 g/mol. The summed E-state index contributed by atoms with van der Waals surface area (Å²) in [4.78, 5) is 7.69. The van der Waals surface area contributed by atoms with Gasteiger partial charge in [-0.2, -0.15) is 0 Å². The Labute approximate surface area is 149 Å². The van der Waals surface area contributed by atoms with Crippen molar-refractivity contribution >= 4 is 12.2 Å². The average molecular weight is 428 g/mol. The molecule has 136 valence electrons. The number of aromatic nitrogens is 2. The van der Waals surface area contributed by atoms with E-state index in [0.29, 0.717) is 0 Å². The Bertz CT molecular complexity index is 779. The van der Waals surface area contributed by atoms with Crippen molar-refractivity contribution in [3.63, 3.8) is 0 Å². The Balaban J connectivity index is 0.000000346. The molecule has 9 nitrogen and oxygen atoms in total. The van der Waals surface area contributed by atoms with Crippen LogP contribution in [0.25, 0.3) is 12.2 Å². The van der Waals surface area contributed by atoms with Crippen LogP contribution in [0.4, 0.5) is 0 Å². The summed E-state index contributed by atoms with van der Waals surface area (Å²) in [6.07, 6.45) is 10.6. The van der Waals surface area contributed by atoms with E-state index in [1.165, 1.54) is 0 Å². The van der Waals surface area contributed by atoms with Crippen molar-refractivity contribution in [3.8, 4) is 0 Å². The molecule has 25 heavy (non-hydrogen) atoms. The zero-order valence-electron chi connectivity index (χ0n) is 12.8. The van der Waals surface area contributed by atoms with Crippen LogP contribution in [0.15, 0.2) is 62.2 Å². The molecule has 0 aliphatic carbocycles. The molecule has 0 bridgehead atoms. The Kier molecular flexibility index (Phi) is 10.5. The van der Waals surface area contributed by atoms with Gasteiger partial charge in [0.05, 0.1) is 0 Å². The third-order valence-corrected chi connectivity index (χ3v) is 4.81. The molecule has 2 N–H and O–H groups in total. The van der Waals surface area contributed by atoms with Crippen molar-refractivity contribution in [2.45, 2.75) is 0 Å². The minimum absolute atomic E-state index is 1.11. The summed E-state index contributed by atoms with van der Waals surface area (Å²) in [6.45, 7) is 7.21. The van der Waals surface area contributed by atoms with Crippen LogP contribution < -0.4 is 0 Å². The molecule has 0 spiro atoms. The summed E-state index contributed by atoms with van der Waals surface area (Å²) in [6, 6.07) is 7.64. The standard InChI is InChI=1S/2C7H7N.2Cr.2H2O.5O/c2*1-2-7-3-5-8-6-4-7;;;;;;;;;/h2*2-6H,1H2;;;2*1H2;;;;;/q;;2*+1;;;;;;;/p-2. The first-order valence-corrected chi connectivity index (χ1v) is 10.5. The summed E-state index contributed by atoms with van der Waals surface area (Å²) in [5.74, 6) is 0. The number of hydrogen-bond donors (Lipinski definition) is 2. The van der Waals surface area contributed by atoms with E-state index >= 15 is 0 Å². The van der Waals surface area contributed by atoms with E-state index in [1.807, 2.05) is 24.3 Å². The molecule has 2 heterocycles. The molecule has 0 atom stereocenters. The first-order chi connectivity index (χ1) is 11.6. The maximum atomic E-state index is 9.53. The first-order valence-electron chi connectivity index (χ1n) is 6.28. The maximum absolute atomic E-state index is 9.53. The van der Waals surface area contributed by atoms with Crippen LogP contribution in [0.5, 0.6) is 0 Å². The summed E-state index contributed by atoms with van der Waals surface area (Å²) in [5.41, 5.74) is 2.22. The number of nitrogens with zero attached hydrogens (tertiary/aromatic N) is 2. The van der Waals surface area contributed by atoms with E-state index in [9.17, 15) is 15.2 Å². The van der Waals surface area contributed by atoms with Crippen molar-refractivity contribution < 1.29 is 53.6 Å². The topological polar surface area (TPSA) is 144 Å². The van der Waals surface area contributed by atoms with E-state index in [4.69, 9.17) is 8.32 Å². The van der Waals surface area contributed by atoms with Crippen molar-refractivity contribution in [2.24, 2.45) is 0 Å². The molecule has 2 aromatic heterocycles. The van der Waals surface area contributed by atoms with E-state index < -0.39 is 27.2 Å². The Morgan fingerprint density at radius 3 is 1.16 bits per heavy atom. The molecule has 0 unspecified atom stereocenters. The van der Waals surface area contributed by atoms with Gasteiger partial charge in [0, 0.05) is 24.8 Å². The molecule has 0 radical (unpaired) electrons. The van der Waals surface area contributed by atoms with E-state index in [2.05, 4.69) is 26.0 Å². The monoisotopic (exact) mass is 428 g/mol. The molecule has 0 aliphatic heterocycles. The van der Waals surface area contributed by atoms with Gasteiger partial charge in [-0.05, 0) is 35.4 Å². The van der Waals surface area contributed by atoms with Crippen LogP contribution in [0.2, 0.25) is 0 Å². The van der Waals surface area contributed by atoms with Crippen molar-refractivity contribution in [1.82, 2.24) is 9.97 Å². The van der Waals surface area contributed by atoms with Crippen LogP contribution in [-0.2, 0) is 45.3 Å². The van der Waals surface area contributed by atoms with Crippen molar-refractivity contribution in [2.75, 3.05) is 0 Å². The summed E-state index contributed by atoms with van der Waals surface area (Å²) in [7, 11) is 0. The quantitative estimate of drug-likeness (QED) is 0.745. The van der Waals surface area contributed by atoms with Gasteiger partial charge >= 0.3 is 53.6 Å². The van der Waals surface area contributed by atoms with Crippen LogP contribution in [0.1, 0.15) is 11.1 Å². The minimum atomic E-state index is -5.76. The molecule has 0 saturated carbocycles. The zero-order valence-corrected chi connectivity index (χ0v) is 15.4. The molecule has 0 amide bonds. The summed E-state index contributed by atoms with van der Waals surface area (Å²) >= 11 is -11.5. The number of pyridine rings is 2. The predicted octanol–water partition coefficient (Wildman–Crippen LogP) is 1.79. The van der Waals surface area contributed by atoms with Gasteiger partial charge in [0.1, 0.15) is 0 Å². The molecular formula is C14H16Cr2N2O7. The third kappa shape index (κ3) is 15.2. The molecule has 0 fully saturated rings. The van der Waals surface area contributed by atoms with E-state index in [-0.39, 0.29) is 0 Å². The van der Waals surface area contributed by atoms with Gasteiger partial charge in [0.25, 0.3) is 0 Å². The normalized spacial score (nSPS) is 10.3. The van der Waals surface area contributed by atoms with Crippen molar-refractivity contribution in [3.05, 3.63) is 73.3 Å². The second kappa shape index (κ2) is 11.5. The number of hydrogen-bond acceptors (Lipinski definition) is 7. The molecule has 0 aliphatic rings. The molecule has 2 aromatic rings. The van der Waals surface area contributed by atoms with Crippen LogP contribution in [-0.4, -0.2) is 18.3 Å². The summed E-state index contributed by atoms with van der Waals surface area (Å²) < 4.78 is 56.3. The number of rotatable bonds is 4. The fraction of sp³-hybridized carbons (Fsp3) is 0. The van der Waals surface area contributed by atoms with Crippen LogP contribution in [0.3, 0.4) is 0 Å². The fourth-order valence-corrected chi connectivity index (χ4v) is 2.85. The molecule has 2 rings (SSSR count). The van der Waals surface area contributed by atoms with Gasteiger partial charge in [-0.3, -0.25) is 9.97 Å². The van der Waals surface area contributed by atoms with Gasteiger partial charge in [0.2, 0.25) is 0 Å². The van der Waals surface area contributed by atoms with E-state index in [0.717, 1.165) is 11.1 Å². The Morgan fingerprint density at radius 2 is 1.04 bits per heavy atom. The van der Waals surface area contributed by atoms with Crippen LogP contribution in [0, 0.1) is 0 Å². The summed E-state index contributed by atoms with van der Waals surface area (Å²) in [5, 5.41) is 0. The van der Waals surface area contributed by atoms with Crippen LogP contribution >= 0.6 is 0 Å². The third-order valence-electron chi connectivity index (χ3n) is 2.06. The Hall–Kier alpha value is -2.08. The molecule has 0 saturated heterocycles. The fourth-order valence-electron chi connectivity index (χ4n) is 1.11. The van der Waals surface area contributed by atoms with Gasteiger partial charge in [-0.25, -0.2) is 0 Å². The van der Waals surface area contributed by atoms with E-state index in [1.54, 1.807) is 36.9 Å². The SMILES string of the molecule is C=Cc1ccncc1.C=Cc1ccncc1.[O]=[Cr](=[O])([OH])[O][Cr](=[O])(=[O])[OH].